The molecule has 0 bridgehead atoms. The Labute approximate surface area is 108 Å². The molecule has 1 heterocycles. The Kier molecular flexibility index (Phi) is 3.85. The van der Waals surface area contributed by atoms with Gasteiger partial charge in [-0.3, -0.25) is 9.48 Å². The molecule has 18 heavy (non-hydrogen) atoms. The number of aliphatic hydroxyl groups is 1. The van der Waals surface area contributed by atoms with E-state index in [9.17, 15) is 9.90 Å². The van der Waals surface area contributed by atoms with Gasteiger partial charge in [-0.1, -0.05) is 6.92 Å². The fourth-order valence-corrected chi connectivity index (χ4v) is 2.47. The van der Waals surface area contributed by atoms with Gasteiger partial charge in [0.05, 0.1) is 12.1 Å². The maximum atomic E-state index is 12.1. The molecule has 1 aromatic rings. The largest absolute Gasteiger partial charge is 0.382 e. The Morgan fingerprint density at radius 1 is 1.56 bits per heavy atom. The summed E-state index contributed by atoms with van der Waals surface area (Å²) in [6.45, 7) is 4.21. The molecule has 1 saturated carbocycles. The molecule has 0 aliphatic heterocycles. The Morgan fingerprint density at radius 3 is 2.83 bits per heavy atom. The van der Waals surface area contributed by atoms with Crippen molar-refractivity contribution in [3.05, 3.63) is 18.0 Å². The second kappa shape index (κ2) is 5.22. The van der Waals surface area contributed by atoms with Gasteiger partial charge in [0.1, 0.15) is 5.60 Å². The summed E-state index contributed by atoms with van der Waals surface area (Å²) in [5.41, 5.74) is -0.319. The van der Waals surface area contributed by atoms with Crippen molar-refractivity contribution in [2.24, 2.45) is 0 Å². The van der Waals surface area contributed by atoms with Crippen molar-refractivity contribution < 1.29 is 9.90 Å². The van der Waals surface area contributed by atoms with Crippen molar-refractivity contribution in [1.82, 2.24) is 9.78 Å². The Hall–Kier alpha value is -1.16. The second-order valence-corrected chi connectivity index (χ2v) is 5.38. The molecule has 0 spiro atoms. The van der Waals surface area contributed by atoms with Crippen LogP contribution in [-0.2, 0) is 11.2 Å². The molecule has 1 atom stereocenters. The number of carbonyl (C=O) groups is 1. The molecule has 1 aromatic heterocycles. The minimum Gasteiger partial charge on any atom is -0.382 e. The van der Waals surface area contributed by atoms with E-state index in [4.69, 9.17) is 0 Å². The van der Waals surface area contributed by atoms with E-state index in [2.05, 4.69) is 18.9 Å². The molecule has 100 valence electrons. The van der Waals surface area contributed by atoms with Crippen LogP contribution in [0.3, 0.4) is 0 Å². The van der Waals surface area contributed by atoms with Gasteiger partial charge in [-0.25, -0.2) is 0 Å². The number of Topliss-reactive ketones (excluding diaryl/α,β-unsaturated/α-hetero) is 1. The summed E-state index contributed by atoms with van der Waals surface area (Å²) in [7, 11) is 0. The van der Waals surface area contributed by atoms with E-state index in [1.54, 1.807) is 0 Å². The average Bonchev–Trinajstić information content (AvgIpc) is 2.98. The molecule has 0 radical (unpaired) electrons. The van der Waals surface area contributed by atoms with Crippen molar-refractivity contribution in [3.8, 4) is 0 Å². The molecule has 0 saturated heterocycles. The summed E-state index contributed by atoms with van der Waals surface area (Å²) in [6.07, 6.45) is 6.29. The van der Waals surface area contributed by atoms with Crippen molar-refractivity contribution in [1.29, 1.82) is 0 Å². The molecule has 0 amide bonds. The first-order chi connectivity index (χ1) is 8.55. The highest BCUT2D eigenvalue weighted by molar-refractivity contribution is 5.88. The molecule has 1 fully saturated rings. The number of hydrogen-bond acceptors (Lipinski definition) is 3. The van der Waals surface area contributed by atoms with Crippen molar-refractivity contribution in [2.75, 3.05) is 0 Å². The first kappa shape index (κ1) is 13.3. The highest BCUT2D eigenvalue weighted by Crippen LogP contribution is 2.31. The van der Waals surface area contributed by atoms with E-state index < -0.39 is 5.60 Å². The van der Waals surface area contributed by atoms with Gasteiger partial charge in [-0.2, -0.15) is 5.10 Å². The van der Waals surface area contributed by atoms with Crippen LogP contribution in [0.2, 0.25) is 0 Å². The van der Waals surface area contributed by atoms with Gasteiger partial charge in [0, 0.05) is 12.2 Å². The lowest BCUT2D eigenvalue weighted by atomic mass is 9.93. The standard InChI is InChI=1S/C14H22N2O2/c1-3-11(2)16-9-6-12(15-16)10-13(17)14(18)7-4-5-8-14/h6,9,11,18H,3-5,7-8,10H2,1-2H3. The van der Waals surface area contributed by atoms with Crippen LogP contribution in [0.25, 0.3) is 0 Å². The quantitative estimate of drug-likeness (QED) is 0.872. The molecule has 0 aromatic carbocycles. The summed E-state index contributed by atoms with van der Waals surface area (Å²) in [5.74, 6) is -0.0746. The van der Waals surface area contributed by atoms with Crippen LogP contribution in [0.5, 0.6) is 0 Å². The van der Waals surface area contributed by atoms with Crippen LogP contribution < -0.4 is 0 Å². The topological polar surface area (TPSA) is 55.1 Å². The second-order valence-electron chi connectivity index (χ2n) is 5.38. The lowest BCUT2D eigenvalue weighted by Crippen LogP contribution is -2.36. The fourth-order valence-electron chi connectivity index (χ4n) is 2.47. The van der Waals surface area contributed by atoms with Gasteiger partial charge < -0.3 is 5.11 Å². The third-order valence-electron chi connectivity index (χ3n) is 4.00. The van der Waals surface area contributed by atoms with Crippen molar-refractivity contribution in [3.63, 3.8) is 0 Å². The number of rotatable bonds is 5. The van der Waals surface area contributed by atoms with Crippen LogP contribution in [-0.4, -0.2) is 26.3 Å². The SMILES string of the molecule is CCC(C)n1ccc(CC(=O)C2(O)CCCC2)n1. The zero-order chi connectivity index (χ0) is 13.2. The number of ketones is 1. The monoisotopic (exact) mass is 250 g/mol. The van der Waals surface area contributed by atoms with Gasteiger partial charge in [0.15, 0.2) is 5.78 Å². The summed E-state index contributed by atoms with van der Waals surface area (Å²) in [5, 5.41) is 14.6. The maximum Gasteiger partial charge on any atom is 0.170 e. The predicted octanol–water partition coefficient (Wildman–Crippen LogP) is 2.27. The minimum absolute atomic E-state index is 0.0746. The van der Waals surface area contributed by atoms with E-state index >= 15 is 0 Å². The molecule has 1 aliphatic carbocycles. The van der Waals surface area contributed by atoms with E-state index in [0.717, 1.165) is 25.0 Å². The summed E-state index contributed by atoms with van der Waals surface area (Å²) < 4.78 is 1.89. The zero-order valence-corrected chi connectivity index (χ0v) is 11.2. The van der Waals surface area contributed by atoms with E-state index in [-0.39, 0.29) is 12.2 Å². The molecule has 1 aliphatic rings. The first-order valence-corrected chi connectivity index (χ1v) is 6.85. The number of aromatic nitrogens is 2. The molecule has 2 rings (SSSR count). The fraction of sp³-hybridized carbons (Fsp3) is 0.714. The third kappa shape index (κ3) is 2.64. The van der Waals surface area contributed by atoms with Crippen LogP contribution in [0, 0.1) is 0 Å². The van der Waals surface area contributed by atoms with Crippen molar-refractivity contribution in [2.45, 2.75) is 64.0 Å². The summed E-state index contributed by atoms with van der Waals surface area (Å²) >= 11 is 0. The minimum atomic E-state index is -1.08. The van der Waals surface area contributed by atoms with Crippen LogP contribution in [0.4, 0.5) is 0 Å². The highest BCUT2D eigenvalue weighted by atomic mass is 16.3. The molecule has 1 N–H and O–H groups in total. The third-order valence-corrected chi connectivity index (χ3v) is 4.00. The van der Waals surface area contributed by atoms with Gasteiger partial charge in [-0.15, -0.1) is 0 Å². The predicted molar refractivity (Wildman–Crippen MR) is 69.4 cm³/mol. The molecule has 1 unspecified atom stereocenters. The molecule has 4 nitrogen and oxygen atoms in total. The number of hydrogen-bond donors (Lipinski definition) is 1. The lowest BCUT2D eigenvalue weighted by Gasteiger charge is -2.19. The van der Waals surface area contributed by atoms with E-state index in [0.29, 0.717) is 18.9 Å². The first-order valence-electron chi connectivity index (χ1n) is 6.85. The van der Waals surface area contributed by atoms with E-state index in [1.807, 2.05) is 16.9 Å². The molecular formula is C14H22N2O2. The van der Waals surface area contributed by atoms with E-state index in [1.165, 1.54) is 0 Å². The Bertz CT molecular complexity index is 419. The maximum absolute atomic E-state index is 12.1. The highest BCUT2D eigenvalue weighted by Gasteiger charge is 2.38. The smallest absolute Gasteiger partial charge is 0.170 e. The summed E-state index contributed by atoms with van der Waals surface area (Å²) in [4.78, 5) is 12.1. The van der Waals surface area contributed by atoms with Gasteiger partial charge in [0.25, 0.3) is 0 Å². The van der Waals surface area contributed by atoms with Crippen LogP contribution in [0.15, 0.2) is 12.3 Å². The number of nitrogens with zero attached hydrogens (tertiary/aromatic N) is 2. The van der Waals surface area contributed by atoms with Crippen molar-refractivity contribution >= 4 is 5.78 Å². The van der Waals surface area contributed by atoms with Crippen LogP contribution in [0.1, 0.15) is 57.7 Å². The number of carbonyl (C=O) groups excluding carboxylic acids is 1. The summed E-state index contributed by atoms with van der Waals surface area (Å²) in [6, 6.07) is 2.23. The lowest BCUT2D eigenvalue weighted by molar-refractivity contribution is -0.136. The molecule has 4 heteroatoms. The Morgan fingerprint density at radius 2 is 2.22 bits per heavy atom. The van der Waals surface area contributed by atoms with Gasteiger partial charge in [0.2, 0.25) is 0 Å². The Balaban J connectivity index is 2.01. The van der Waals surface area contributed by atoms with Gasteiger partial charge >= 0.3 is 0 Å². The van der Waals surface area contributed by atoms with Crippen LogP contribution >= 0.6 is 0 Å². The normalized spacial score (nSPS) is 19.9. The molecular weight excluding hydrogens is 228 g/mol. The van der Waals surface area contributed by atoms with Gasteiger partial charge in [-0.05, 0) is 45.1 Å². The average molecular weight is 250 g/mol. The zero-order valence-electron chi connectivity index (χ0n) is 11.2.